The van der Waals surface area contributed by atoms with Gasteiger partial charge in [-0.25, -0.2) is 0 Å². The van der Waals surface area contributed by atoms with E-state index in [0.717, 1.165) is 6.54 Å². The molecule has 1 heterocycles. The second kappa shape index (κ2) is 6.06. The summed E-state index contributed by atoms with van der Waals surface area (Å²) in [6.45, 7) is 12.8. The lowest BCUT2D eigenvalue weighted by Crippen LogP contribution is -2.43. The smallest absolute Gasteiger partial charge is 0.0234 e. The van der Waals surface area contributed by atoms with Crippen molar-refractivity contribution < 1.29 is 0 Å². The fourth-order valence-electron chi connectivity index (χ4n) is 2.53. The average molecular weight is 260 g/mol. The molecular weight excluding hydrogens is 232 g/mol. The van der Waals surface area contributed by atoms with Gasteiger partial charge in [0, 0.05) is 32.7 Å². The van der Waals surface area contributed by atoms with E-state index in [2.05, 4.69) is 61.9 Å². The van der Waals surface area contributed by atoms with Gasteiger partial charge in [0.1, 0.15) is 0 Å². The van der Waals surface area contributed by atoms with Gasteiger partial charge in [-0.1, -0.05) is 45.0 Å². The molecule has 0 N–H and O–H groups in total. The quantitative estimate of drug-likeness (QED) is 0.820. The van der Waals surface area contributed by atoms with Gasteiger partial charge < -0.3 is 4.90 Å². The van der Waals surface area contributed by atoms with Crippen molar-refractivity contribution >= 4 is 0 Å². The maximum atomic E-state index is 2.56. The average Bonchev–Trinajstić information content (AvgIpc) is 2.42. The van der Waals surface area contributed by atoms with E-state index in [4.69, 9.17) is 0 Å². The molecule has 0 aliphatic carbocycles. The van der Waals surface area contributed by atoms with Crippen molar-refractivity contribution in [1.82, 2.24) is 9.80 Å². The molecule has 1 fully saturated rings. The van der Waals surface area contributed by atoms with Crippen LogP contribution in [0.5, 0.6) is 0 Å². The fourth-order valence-corrected chi connectivity index (χ4v) is 2.53. The highest BCUT2D eigenvalue weighted by Crippen LogP contribution is 2.26. The lowest BCUT2D eigenvalue weighted by atomic mass is 9.82. The first-order valence-corrected chi connectivity index (χ1v) is 7.51. The van der Waals surface area contributed by atoms with Gasteiger partial charge in [0.25, 0.3) is 0 Å². The summed E-state index contributed by atoms with van der Waals surface area (Å²) in [7, 11) is 2.21. The molecule has 0 aromatic heterocycles. The van der Waals surface area contributed by atoms with Crippen molar-refractivity contribution in [2.75, 3.05) is 33.2 Å². The molecule has 0 bridgehead atoms. The van der Waals surface area contributed by atoms with Crippen LogP contribution in [0.25, 0.3) is 0 Å². The van der Waals surface area contributed by atoms with Crippen LogP contribution >= 0.6 is 0 Å². The van der Waals surface area contributed by atoms with Gasteiger partial charge in [0.15, 0.2) is 0 Å². The Morgan fingerprint density at radius 1 is 1.00 bits per heavy atom. The predicted octanol–water partition coefficient (Wildman–Crippen LogP) is 3.12. The van der Waals surface area contributed by atoms with Crippen LogP contribution in [0, 0.1) is 0 Å². The molecule has 1 aliphatic rings. The molecule has 2 rings (SSSR count). The molecular formula is C17H28N2. The molecule has 1 saturated heterocycles. The van der Waals surface area contributed by atoms with E-state index in [1.807, 2.05) is 0 Å². The third-order valence-corrected chi connectivity index (χ3v) is 4.62. The lowest BCUT2D eigenvalue weighted by Gasteiger charge is -2.32. The highest BCUT2D eigenvalue weighted by atomic mass is 15.2. The summed E-state index contributed by atoms with van der Waals surface area (Å²) < 4.78 is 0. The molecule has 0 unspecified atom stereocenters. The maximum absolute atomic E-state index is 2.56. The molecule has 0 saturated carbocycles. The van der Waals surface area contributed by atoms with E-state index in [9.17, 15) is 0 Å². The van der Waals surface area contributed by atoms with Gasteiger partial charge in [0.2, 0.25) is 0 Å². The number of benzene rings is 1. The molecule has 106 valence electrons. The second-order valence-corrected chi connectivity index (χ2v) is 6.51. The van der Waals surface area contributed by atoms with Crippen LogP contribution in [0.4, 0.5) is 0 Å². The largest absolute Gasteiger partial charge is 0.304 e. The first kappa shape index (κ1) is 14.5. The van der Waals surface area contributed by atoms with Crippen molar-refractivity contribution in [2.24, 2.45) is 0 Å². The van der Waals surface area contributed by atoms with Gasteiger partial charge in [-0.3, -0.25) is 4.90 Å². The van der Waals surface area contributed by atoms with Gasteiger partial charge in [-0.2, -0.15) is 0 Å². The minimum absolute atomic E-state index is 0.298. The van der Waals surface area contributed by atoms with Crippen molar-refractivity contribution in [2.45, 2.75) is 39.2 Å². The van der Waals surface area contributed by atoms with Gasteiger partial charge in [-0.05, 0) is 30.0 Å². The fraction of sp³-hybridized carbons (Fsp3) is 0.647. The third-order valence-electron chi connectivity index (χ3n) is 4.62. The van der Waals surface area contributed by atoms with E-state index in [-0.39, 0.29) is 0 Å². The van der Waals surface area contributed by atoms with Crippen molar-refractivity contribution in [3.05, 3.63) is 35.4 Å². The number of hydrogen-bond donors (Lipinski definition) is 0. The Hall–Kier alpha value is -0.860. The Kier molecular flexibility index (Phi) is 4.64. The zero-order valence-electron chi connectivity index (χ0n) is 12.9. The van der Waals surface area contributed by atoms with Crippen LogP contribution in [-0.2, 0) is 12.0 Å². The van der Waals surface area contributed by atoms with Crippen LogP contribution in [0.1, 0.15) is 38.3 Å². The second-order valence-electron chi connectivity index (χ2n) is 6.51. The van der Waals surface area contributed by atoms with Gasteiger partial charge in [-0.15, -0.1) is 0 Å². The molecule has 0 radical (unpaired) electrons. The van der Waals surface area contributed by atoms with Crippen LogP contribution < -0.4 is 0 Å². The first-order chi connectivity index (χ1) is 9.01. The molecule has 0 amide bonds. The minimum atomic E-state index is 0.298. The number of likely N-dealkylation sites (N-methyl/N-ethyl adjacent to an activating group) is 1. The van der Waals surface area contributed by atoms with E-state index in [0.29, 0.717) is 5.41 Å². The van der Waals surface area contributed by atoms with Gasteiger partial charge >= 0.3 is 0 Å². The summed E-state index contributed by atoms with van der Waals surface area (Å²) >= 11 is 0. The van der Waals surface area contributed by atoms with Crippen molar-refractivity contribution in [3.8, 4) is 0 Å². The number of piperazine rings is 1. The Morgan fingerprint density at radius 3 is 2.11 bits per heavy atom. The van der Waals surface area contributed by atoms with Gasteiger partial charge in [0.05, 0.1) is 0 Å². The molecule has 1 aliphatic heterocycles. The predicted molar refractivity (Wildman–Crippen MR) is 82.5 cm³/mol. The molecule has 0 atom stereocenters. The monoisotopic (exact) mass is 260 g/mol. The first-order valence-electron chi connectivity index (χ1n) is 7.51. The number of hydrogen-bond acceptors (Lipinski definition) is 2. The molecule has 2 heteroatoms. The van der Waals surface area contributed by atoms with E-state index in [1.165, 1.54) is 43.7 Å². The SMILES string of the molecule is CCC(C)(C)c1ccc(CN2CCN(C)CC2)cc1. The molecule has 1 aromatic rings. The highest BCUT2D eigenvalue weighted by Gasteiger charge is 2.18. The maximum Gasteiger partial charge on any atom is 0.0234 e. The summed E-state index contributed by atoms with van der Waals surface area (Å²) in [6, 6.07) is 9.25. The Bertz CT molecular complexity index is 386. The van der Waals surface area contributed by atoms with Crippen molar-refractivity contribution in [1.29, 1.82) is 0 Å². The zero-order valence-corrected chi connectivity index (χ0v) is 12.9. The number of rotatable bonds is 4. The summed E-state index contributed by atoms with van der Waals surface area (Å²) in [5.41, 5.74) is 3.20. The molecule has 0 spiro atoms. The van der Waals surface area contributed by atoms with E-state index in [1.54, 1.807) is 0 Å². The Balaban J connectivity index is 1.95. The summed E-state index contributed by atoms with van der Waals surface area (Å²) in [4.78, 5) is 4.96. The van der Waals surface area contributed by atoms with Crippen molar-refractivity contribution in [3.63, 3.8) is 0 Å². The van der Waals surface area contributed by atoms with Crippen LogP contribution in [-0.4, -0.2) is 43.0 Å². The highest BCUT2D eigenvalue weighted by molar-refractivity contribution is 5.28. The summed E-state index contributed by atoms with van der Waals surface area (Å²) in [6.07, 6.45) is 1.19. The van der Waals surface area contributed by atoms with Crippen LogP contribution in [0.2, 0.25) is 0 Å². The van der Waals surface area contributed by atoms with Crippen LogP contribution in [0.3, 0.4) is 0 Å². The topological polar surface area (TPSA) is 6.48 Å². The molecule has 19 heavy (non-hydrogen) atoms. The third kappa shape index (κ3) is 3.80. The lowest BCUT2D eigenvalue weighted by molar-refractivity contribution is 0.148. The summed E-state index contributed by atoms with van der Waals surface area (Å²) in [5, 5.41) is 0. The standard InChI is InChI=1S/C17H28N2/c1-5-17(2,3)16-8-6-15(7-9-16)14-19-12-10-18(4)11-13-19/h6-9H,5,10-14H2,1-4H3. The zero-order chi connectivity index (χ0) is 13.9. The van der Waals surface area contributed by atoms with Crippen LogP contribution in [0.15, 0.2) is 24.3 Å². The minimum Gasteiger partial charge on any atom is -0.304 e. The molecule has 1 aromatic carbocycles. The Labute approximate surface area is 118 Å². The molecule has 2 nitrogen and oxygen atoms in total. The van der Waals surface area contributed by atoms with E-state index < -0.39 is 0 Å². The summed E-state index contributed by atoms with van der Waals surface area (Å²) in [5.74, 6) is 0. The Morgan fingerprint density at radius 2 is 1.58 bits per heavy atom. The number of nitrogens with zero attached hydrogens (tertiary/aromatic N) is 2. The van der Waals surface area contributed by atoms with E-state index >= 15 is 0 Å². The normalized spacial score (nSPS) is 18.7.